The van der Waals surface area contributed by atoms with Crippen molar-refractivity contribution in [2.45, 2.75) is 50.7 Å². The minimum atomic E-state index is -0.184. The number of amides is 1. The fourth-order valence-corrected chi connectivity index (χ4v) is 3.94. The topological polar surface area (TPSA) is 96.4 Å². The molecule has 28 heavy (non-hydrogen) atoms. The molecule has 0 radical (unpaired) electrons. The predicted octanol–water partition coefficient (Wildman–Crippen LogP) is 2.50. The van der Waals surface area contributed by atoms with Crippen LogP contribution in [-0.4, -0.2) is 52.9 Å². The molecule has 2 aromatic rings. The third-order valence-corrected chi connectivity index (χ3v) is 5.68. The summed E-state index contributed by atoms with van der Waals surface area (Å²) in [6, 6.07) is 5.80. The summed E-state index contributed by atoms with van der Waals surface area (Å²) < 4.78 is 5.47. The van der Waals surface area contributed by atoms with Crippen LogP contribution in [0.25, 0.3) is 10.9 Å². The Balaban J connectivity index is 1.41. The summed E-state index contributed by atoms with van der Waals surface area (Å²) in [5, 5.41) is 16.9. The number of carbonyl (C=O) groups is 1. The maximum absolute atomic E-state index is 12.5. The zero-order valence-electron chi connectivity index (χ0n) is 16.1. The summed E-state index contributed by atoms with van der Waals surface area (Å²) in [7, 11) is 0. The van der Waals surface area contributed by atoms with Crippen LogP contribution >= 0.6 is 0 Å². The normalized spacial score (nSPS) is 25.4. The van der Waals surface area contributed by atoms with E-state index in [0.717, 1.165) is 62.6 Å². The number of anilines is 1. The Bertz CT molecular complexity index is 814. The number of ether oxygens (including phenoxy) is 1. The number of fused-ring (bicyclic) bond motifs is 1. The number of aliphatic hydroxyl groups is 1. The second-order valence-electron chi connectivity index (χ2n) is 7.91. The van der Waals surface area contributed by atoms with E-state index in [9.17, 15) is 9.90 Å². The first-order valence-electron chi connectivity index (χ1n) is 10.2. The van der Waals surface area contributed by atoms with Crippen LogP contribution in [-0.2, 0) is 4.74 Å². The van der Waals surface area contributed by atoms with Crippen molar-refractivity contribution >= 4 is 22.8 Å². The van der Waals surface area contributed by atoms with E-state index in [1.807, 2.05) is 18.2 Å². The monoisotopic (exact) mass is 384 g/mol. The Kier molecular flexibility index (Phi) is 6.02. The molecule has 1 aromatic heterocycles. The van der Waals surface area contributed by atoms with Gasteiger partial charge in [0.15, 0.2) is 0 Å². The van der Waals surface area contributed by atoms with Crippen LogP contribution in [0.2, 0.25) is 0 Å². The van der Waals surface area contributed by atoms with E-state index in [-0.39, 0.29) is 18.1 Å². The van der Waals surface area contributed by atoms with Crippen molar-refractivity contribution < 1.29 is 14.6 Å². The summed E-state index contributed by atoms with van der Waals surface area (Å²) in [5.74, 6) is 0.887. The molecular weight excluding hydrogens is 356 g/mol. The number of carbonyl (C=O) groups excluding carboxylic acids is 1. The molecule has 0 bridgehead atoms. The van der Waals surface area contributed by atoms with E-state index in [0.29, 0.717) is 24.0 Å². The zero-order chi connectivity index (χ0) is 19.3. The van der Waals surface area contributed by atoms with Crippen molar-refractivity contribution in [2.24, 2.45) is 5.92 Å². The van der Waals surface area contributed by atoms with Crippen LogP contribution in [0.1, 0.15) is 48.9 Å². The SMILES string of the molecule is O=C(NCC1CCCOC1)c1ccc2cnc(N[C@H]3CC[C@H](O)CC3)nc2c1. The maximum Gasteiger partial charge on any atom is 0.251 e. The van der Waals surface area contributed by atoms with Gasteiger partial charge in [0.05, 0.1) is 18.2 Å². The molecule has 1 aliphatic carbocycles. The van der Waals surface area contributed by atoms with Crippen LogP contribution in [0.3, 0.4) is 0 Å². The summed E-state index contributed by atoms with van der Waals surface area (Å²) >= 11 is 0. The Morgan fingerprint density at radius 2 is 2.07 bits per heavy atom. The van der Waals surface area contributed by atoms with E-state index in [4.69, 9.17) is 4.74 Å². The van der Waals surface area contributed by atoms with E-state index in [1.54, 1.807) is 6.20 Å². The molecule has 7 heteroatoms. The van der Waals surface area contributed by atoms with Gasteiger partial charge in [-0.25, -0.2) is 9.97 Å². The van der Waals surface area contributed by atoms with E-state index >= 15 is 0 Å². The van der Waals surface area contributed by atoms with Crippen LogP contribution < -0.4 is 10.6 Å². The lowest BCUT2D eigenvalue weighted by atomic mass is 9.93. The van der Waals surface area contributed by atoms with E-state index in [1.165, 1.54) is 0 Å². The number of rotatable bonds is 5. The van der Waals surface area contributed by atoms with Crippen molar-refractivity contribution in [1.29, 1.82) is 0 Å². The third kappa shape index (κ3) is 4.77. The number of hydrogen-bond donors (Lipinski definition) is 3. The molecule has 2 heterocycles. The van der Waals surface area contributed by atoms with Gasteiger partial charge in [0, 0.05) is 36.3 Å². The molecule has 1 atom stereocenters. The summed E-state index contributed by atoms with van der Waals surface area (Å²) in [6.07, 6.45) is 7.19. The van der Waals surface area contributed by atoms with Gasteiger partial charge < -0.3 is 20.5 Å². The van der Waals surface area contributed by atoms with E-state index < -0.39 is 0 Å². The number of nitrogens with zero attached hydrogens (tertiary/aromatic N) is 2. The number of aromatic nitrogens is 2. The Morgan fingerprint density at radius 1 is 1.21 bits per heavy atom. The van der Waals surface area contributed by atoms with Crippen molar-refractivity contribution in [1.82, 2.24) is 15.3 Å². The highest BCUT2D eigenvalue weighted by Gasteiger charge is 2.20. The largest absolute Gasteiger partial charge is 0.393 e. The number of aliphatic hydroxyl groups excluding tert-OH is 1. The van der Waals surface area contributed by atoms with Crippen molar-refractivity contribution in [3.05, 3.63) is 30.0 Å². The van der Waals surface area contributed by atoms with Gasteiger partial charge in [-0.05, 0) is 56.6 Å². The van der Waals surface area contributed by atoms with Crippen molar-refractivity contribution in [3.63, 3.8) is 0 Å². The first-order chi connectivity index (χ1) is 13.7. The van der Waals surface area contributed by atoms with Gasteiger partial charge in [-0.1, -0.05) is 6.07 Å². The van der Waals surface area contributed by atoms with Crippen LogP contribution in [0.15, 0.2) is 24.4 Å². The van der Waals surface area contributed by atoms with Gasteiger partial charge in [-0.2, -0.15) is 0 Å². The fraction of sp³-hybridized carbons (Fsp3) is 0.571. The lowest BCUT2D eigenvalue weighted by molar-refractivity contribution is 0.0536. The summed E-state index contributed by atoms with van der Waals surface area (Å²) in [6.45, 7) is 2.19. The van der Waals surface area contributed by atoms with Crippen LogP contribution in [0.4, 0.5) is 5.95 Å². The Hall–Kier alpha value is -2.25. The number of nitrogens with one attached hydrogen (secondary N) is 2. The first-order valence-corrected chi connectivity index (χ1v) is 10.2. The number of hydrogen-bond acceptors (Lipinski definition) is 6. The third-order valence-electron chi connectivity index (χ3n) is 5.68. The second-order valence-corrected chi connectivity index (χ2v) is 7.91. The molecule has 1 aromatic carbocycles. The Labute approximate surface area is 164 Å². The van der Waals surface area contributed by atoms with Gasteiger partial charge in [0.1, 0.15) is 0 Å². The zero-order valence-corrected chi connectivity index (χ0v) is 16.1. The molecule has 1 saturated heterocycles. The second kappa shape index (κ2) is 8.84. The first kappa shape index (κ1) is 19.1. The smallest absolute Gasteiger partial charge is 0.251 e. The quantitative estimate of drug-likeness (QED) is 0.733. The lowest BCUT2D eigenvalue weighted by Gasteiger charge is -2.26. The van der Waals surface area contributed by atoms with Gasteiger partial charge in [0.2, 0.25) is 5.95 Å². The molecule has 1 unspecified atom stereocenters. The molecule has 1 saturated carbocycles. The molecule has 150 valence electrons. The average molecular weight is 384 g/mol. The standard InChI is InChI=1S/C21H28N4O3/c26-18-7-5-17(6-8-18)24-21-23-12-16-4-3-15(10-19(16)25-21)20(27)22-11-14-2-1-9-28-13-14/h3-4,10,12,14,17-18,26H,1-2,5-9,11,13H2,(H,22,27)(H,23,24,25)/t14?,17-,18-. The highest BCUT2D eigenvalue weighted by atomic mass is 16.5. The fourth-order valence-electron chi connectivity index (χ4n) is 3.94. The molecule has 1 aliphatic heterocycles. The summed E-state index contributed by atoms with van der Waals surface area (Å²) in [5.41, 5.74) is 1.36. The van der Waals surface area contributed by atoms with Gasteiger partial charge in [-0.3, -0.25) is 4.79 Å². The maximum atomic E-state index is 12.5. The lowest BCUT2D eigenvalue weighted by Crippen LogP contribution is -2.33. The Morgan fingerprint density at radius 3 is 2.86 bits per heavy atom. The molecule has 2 fully saturated rings. The molecule has 2 aliphatic rings. The average Bonchev–Trinajstić information content (AvgIpc) is 2.74. The van der Waals surface area contributed by atoms with Crippen LogP contribution in [0.5, 0.6) is 0 Å². The minimum absolute atomic E-state index is 0.0816. The van der Waals surface area contributed by atoms with Gasteiger partial charge >= 0.3 is 0 Å². The molecule has 0 spiro atoms. The van der Waals surface area contributed by atoms with Crippen molar-refractivity contribution in [2.75, 3.05) is 25.1 Å². The van der Waals surface area contributed by atoms with Crippen molar-refractivity contribution in [3.8, 4) is 0 Å². The highest BCUT2D eigenvalue weighted by molar-refractivity contribution is 5.97. The summed E-state index contributed by atoms with van der Waals surface area (Å²) in [4.78, 5) is 21.5. The van der Waals surface area contributed by atoms with Gasteiger partial charge in [0.25, 0.3) is 5.91 Å². The molecule has 3 N–H and O–H groups in total. The molecular formula is C21H28N4O3. The number of benzene rings is 1. The molecule has 4 rings (SSSR count). The molecule has 1 amide bonds. The van der Waals surface area contributed by atoms with Crippen LogP contribution in [0, 0.1) is 5.92 Å². The van der Waals surface area contributed by atoms with E-state index in [2.05, 4.69) is 20.6 Å². The predicted molar refractivity (Wildman–Crippen MR) is 107 cm³/mol. The van der Waals surface area contributed by atoms with Gasteiger partial charge in [-0.15, -0.1) is 0 Å². The molecule has 7 nitrogen and oxygen atoms in total. The minimum Gasteiger partial charge on any atom is -0.393 e. The highest BCUT2D eigenvalue weighted by Crippen LogP contribution is 2.22.